The second-order valence-corrected chi connectivity index (χ2v) is 7.09. The Morgan fingerprint density at radius 1 is 1.13 bits per heavy atom. The van der Waals surface area contributed by atoms with Crippen LogP contribution in [0.25, 0.3) is 11.3 Å². The summed E-state index contributed by atoms with van der Waals surface area (Å²) in [6.07, 6.45) is 3.03. The van der Waals surface area contributed by atoms with E-state index in [0.717, 1.165) is 18.4 Å². The lowest BCUT2D eigenvalue weighted by Gasteiger charge is -2.28. The molecule has 1 aromatic heterocycles. The molecule has 9 nitrogen and oxygen atoms in total. The van der Waals surface area contributed by atoms with E-state index in [0.29, 0.717) is 23.7 Å². The molecule has 9 heteroatoms. The Morgan fingerprint density at radius 2 is 1.87 bits per heavy atom. The Hall–Kier alpha value is -3.17. The molecule has 0 aliphatic heterocycles. The van der Waals surface area contributed by atoms with Crippen LogP contribution in [0.5, 0.6) is 0 Å². The van der Waals surface area contributed by atoms with Crippen LogP contribution < -0.4 is 10.6 Å². The van der Waals surface area contributed by atoms with Gasteiger partial charge < -0.3 is 20.2 Å². The monoisotopic (exact) mass is 431 g/mol. The average molecular weight is 431 g/mol. The highest BCUT2D eigenvalue weighted by molar-refractivity contribution is 5.92. The van der Waals surface area contributed by atoms with Crippen LogP contribution in [0, 0.1) is 5.92 Å². The van der Waals surface area contributed by atoms with Crippen LogP contribution in [0.3, 0.4) is 0 Å². The van der Waals surface area contributed by atoms with Crippen molar-refractivity contribution in [3.05, 3.63) is 48.2 Å². The van der Waals surface area contributed by atoms with Gasteiger partial charge in [0.15, 0.2) is 5.76 Å². The number of unbranched alkanes of at least 4 members (excludes halogenated alkanes) is 2. The number of carbonyl (C=O) groups excluding carboxylic acids is 3. The highest BCUT2D eigenvalue weighted by Gasteiger charge is 2.31. The largest absolute Gasteiger partial charge is 0.451 e. The lowest BCUT2D eigenvalue weighted by atomic mass is 9.92. The molecule has 2 atom stereocenters. The maximum Gasteiger partial charge on any atom is 0.288 e. The van der Waals surface area contributed by atoms with E-state index in [2.05, 4.69) is 10.6 Å². The fourth-order valence-corrected chi connectivity index (χ4v) is 3.23. The fraction of sp³-hybridized carbons (Fsp3) is 0.409. The zero-order valence-corrected chi connectivity index (χ0v) is 17.5. The number of aliphatic hydroxyl groups excluding tert-OH is 1. The highest BCUT2D eigenvalue weighted by atomic mass is 16.5. The molecule has 0 bridgehead atoms. The van der Waals surface area contributed by atoms with Crippen LogP contribution in [-0.4, -0.2) is 52.9 Å². The van der Waals surface area contributed by atoms with Crippen molar-refractivity contribution in [2.75, 3.05) is 13.3 Å². The molecule has 1 aromatic carbocycles. The molecule has 2 aromatic rings. The van der Waals surface area contributed by atoms with Crippen molar-refractivity contribution in [3.63, 3.8) is 0 Å². The summed E-state index contributed by atoms with van der Waals surface area (Å²) in [4.78, 5) is 35.8. The van der Waals surface area contributed by atoms with Crippen LogP contribution in [0.1, 0.15) is 43.2 Å². The fourth-order valence-electron chi connectivity index (χ4n) is 3.23. The van der Waals surface area contributed by atoms with Gasteiger partial charge in [-0.05, 0) is 18.6 Å². The molecule has 0 aliphatic carbocycles. The van der Waals surface area contributed by atoms with Gasteiger partial charge in [0, 0.05) is 5.56 Å². The molecule has 4 N–H and O–H groups in total. The summed E-state index contributed by atoms with van der Waals surface area (Å²) >= 11 is 0. The van der Waals surface area contributed by atoms with Gasteiger partial charge in [0.1, 0.15) is 5.76 Å². The summed E-state index contributed by atoms with van der Waals surface area (Å²) < 4.78 is 5.57. The first-order valence-corrected chi connectivity index (χ1v) is 10.3. The molecule has 1 heterocycles. The van der Waals surface area contributed by atoms with Crippen LogP contribution in [0.4, 0.5) is 0 Å². The van der Waals surface area contributed by atoms with Crippen LogP contribution in [0.15, 0.2) is 46.9 Å². The molecular formula is C22H29N3O6. The Labute approximate surface area is 181 Å². The van der Waals surface area contributed by atoms with E-state index in [1.807, 2.05) is 37.3 Å². The van der Waals surface area contributed by atoms with Crippen LogP contribution in [0.2, 0.25) is 0 Å². The first kappa shape index (κ1) is 24.1. The van der Waals surface area contributed by atoms with Gasteiger partial charge in [0.2, 0.25) is 12.3 Å². The van der Waals surface area contributed by atoms with Gasteiger partial charge in [-0.15, -0.1) is 0 Å². The number of nitrogens with one attached hydrogen (secondary N) is 2. The Bertz CT molecular complexity index is 839. The number of hydroxylamine groups is 2. The van der Waals surface area contributed by atoms with E-state index in [1.54, 1.807) is 12.1 Å². The van der Waals surface area contributed by atoms with Crippen molar-refractivity contribution in [1.82, 2.24) is 15.7 Å². The summed E-state index contributed by atoms with van der Waals surface area (Å²) in [5.74, 6) is -1.16. The third-order valence-electron chi connectivity index (χ3n) is 4.95. The maximum absolute atomic E-state index is 12.6. The first-order valence-electron chi connectivity index (χ1n) is 10.3. The topological polar surface area (TPSA) is 132 Å². The number of benzene rings is 1. The van der Waals surface area contributed by atoms with Crippen molar-refractivity contribution < 1.29 is 29.1 Å². The molecule has 0 saturated carbocycles. The number of rotatable bonds is 13. The zero-order valence-electron chi connectivity index (χ0n) is 17.5. The number of nitrogens with zero attached hydrogens (tertiary/aromatic N) is 1. The minimum Gasteiger partial charge on any atom is -0.451 e. The van der Waals surface area contributed by atoms with Gasteiger partial charge in [-0.1, -0.05) is 56.5 Å². The number of amides is 3. The van der Waals surface area contributed by atoms with E-state index in [-0.39, 0.29) is 18.8 Å². The molecule has 168 valence electrons. The molecule has 0 unspecified atom stereocenters. The lowest BCUT2D eigenvalue weighted by Crippen LogP contribution is -2.49. The Kier molecular flexibility index (Phi) is 9.73. The van der Waals surface area contributed by atoms with E-state index < -0.39 is 30.4 Å². The predicted octanol–water partition coefficient (Wildman–Crippen LogP) is 2.16. The smallest absolute Gasteiger partial charge is 0.288 e. The second kappa shape index (κ2) is 12.5. The van der Waals surface area contributed by atoms with E-state index in [4.69, 9.17) is 4.42 Å². The number of hydrogen-bond donors (Lipinski definition) is 4. The summed E-state index contributed by atoms with van der Waals surface area (Å²) in [6.45, 7) is 1.27. The van der Waals surface area contributed by atoms with Crippen molar-refractivity contribution in [3.8, 4) is 11.3 Å². The average Bonchev–Trinajstić information content (AvgIpc) is 3.29. The Balaban J connectivity index is 1.93. The van der Waals surface area contributed by atoms with Gasteiger partial charge in [0.05, 0.1) is 25.2 Å². The summed E-state index contributed by atoms with van der Waals surface area (Å²) in [5.41, 5.74) is 0.837. The molecule has 3 amide bonds. The molecule has 0 fully saturated rings. The number of carbonyl (C=O) groups is 3. The van der Waals surface area contributed by atoms with E-state index in [9.17, 15) is 24.7 Å². The molecular weight excluding hydrogens is 402 g/mol. The second-order valence-electron chi connectivity index (χ2n) is 7.09. The maximum atomic E-state index is 12.6. The van der Waals surface area contributed by atoms with Gasteiger partial charge in [-0.25, -0.2) is 5.06 Å². The number of hydrogen-bond acceptors (Lipinski definition) is 6. The van der Waals surface area contributed by atoms with Gasteiger partial charge in [0.25, 0.3) is 5.91 Å². The zero-order chi connectivity index (χ0) is 22.6. The van der Waals surface area contributed by atoms with Gasteiger partial charge in [-0.3, -0.25) is 19.6 Å². The van der Waals surface area contributed by atoms with Crippen molar-refractivity contribution in [2.45, 2.75) is 38.6 Å². The van der Waals surface area contributed by atoms with Crippen molar-refractivity contribution in [2.24, 2.45) is 5.92 Å². The molecule has 0 radical (unpaired) electrons. The van der Waals surface area contributed by atoms with Crippen molar-refractivity contribution >= 4 is 18.2 Å². The quantitative estimate of drug-likeness (QED) is 0.126. The van der Waals surface area contributed by atoms with Gasteiger partial charge in [-0.2, -0.15) is 0 Å². The number of furan rings is 1. The summed E-state index contributed by atoms with van der Waals surface area (Å²) in [6, 6.07) is 11.5. The third kappa shape index (κ3) is 6.94. The third-order valence-corrected chi connectivity index (χ3v) is 4.95. The predicted molar refractivity (Wildman–Crippen MR) is 113 cm³/mol. The van der Waals surface area contributed by atoms with E-state index >= 15 is 0 Å². The summed E-state index contributed by atoms with van der Waals surface area (Å²) in [7, 11) is 0. The normalized spacial score (nSPS) is 12.6. The minimum atomic E-state index is -1.07. The SMILES string of the molecule is CCCCC[C@@H](C(=O)NCNC(=O)c1ccc(-c2ccccc2)o1)[C@@H](CO)N(O)C=O. The molecule has 0 aliphatic rings. The standard InChI is InChI=1S/C22H29N3O6/c1-2-3-5-10-17(18(13-26)25(30)15-27)21(28)23-14-24-22(29)20-12-11-19(31-20)16-8-6-4-7-9-16/h4,6-9,11-12,15,17-18,26,30H,2-3,5,10,13-14H2,1H3,(H,23,28)(H,24,29)/t17-,18-/m1/s1. The van der Waals surface area contributed by atoms with Gasteiger partial charge >= 0.3 is 0 Å². The van der Waals surface area contributed by atoms with Crippen LogP contribution in [-0.2, 0) is 9.59 Å². The van der Waals surface area contributed by atoms with Crippen molar-refractivity contribution in [1.29, 1.82) is 0 Å². The minimum absolute atomic E-state index is 0.100. The number of aliphatic hydroxyl groups is 1. The summed E-state index contributed by atoms with van der Waals surface area (Å²) in [5, 5.41) is 24.7. The van der Waals surface area contributed by atoms with Crippen LogP contribution >= 0.6 is 0 Å². The molecule has 2 rings (SSSR count). The lowest BCUT2D eigenvalue weighted by molar-refractivity contribution is -0.172. The molecule has 0 saturated heterocycles. The first-order chi connectivity index (χ1) is 15.0. The molecule has 0 spiro atoms. The molecule has 31 heavy (non-hydrogen) atoms. The van der Waals surface area contributed by atoms with E-state index in [1.165, 1.54) is 0 Å². The highest BCUT2D eigenvalue weighted by Crippen LogP contribution is 2.21. The Morgan fingerprint density at radius 3 is 2.52 bits per heavy atom.